The summed E-state index contributed by atoms with van der Waals surface area (Å²) in [5.41, 5.74) is 6.78. The Morgan fingerprint density at radius 3 is 2.94 bits per heavy atom. The summed E-state index contributed by atoms with van der Waals surface area (Å²) in [5, 5.41) is 0. The van der Waals surface area contributed by atoms with Gasteiger partial charge in [-0.15, -0.1) is 0 Å². The van der Waals surface area contributed by atoms with Crippen LogP contribution in [0.5, 0.6) is 5.75 Å². The first-order chi connectivity index (χ1) is 8.29. The molecule has 0 saturated carbocycles. The topological polar surface area (TPSA) is 35.2 Å². The number of nitrogens with two attached hydrogens (primary N) is 1. The Hall–Kier alpha value is -0.190. The number of rotatable bonds is 8. The Balaban J connectivity index is 2.50. The summed E-state index contributed by atoms with van der Waals surface area (Å²) in [5.74, 6) is 3.29. The van der Waals surface area contributed by atoms with E-state index in [1.165, 1.54) is 11.3 Å². The zero-order valence-electron chi connectivity index (χ0n) is 10.2. The Labute approximate surface area is 116 Å². The first kappa shape index (κ1) is 14.9. The van der Waals surface area contributed by atoms with E-state index in [0.717, 1.165) is 35.4 Å². The predicted molar refractivity (Wildman–Crippen MR) is 80.0 cm³/mol. The molecule has 1 aromatic carbocycles. The molecular weight excluding hydrogens is 298 g/mol. The summed E-state index contributed by atoms with van der Waals surface area (Å²) in [4.78, 5) is 0. The summed E-state index contributed by atoms with van der Waals surface area (Å²) >= 11 is 5.48. The number of para-hydroxylation sites is 1. The van der Waals surface area contributed by atoms with Crippen molar-refractivity contribution in [1.82, 2.24) is 0 Å². The zero-order chi connectivity index (χ0) is 12.5. The summed E-state index contributed by atoms with van der Waals surface area (Å²) in [7, 11) is 0. The minimum atomic E-state index is 0.651. The molecule has 0 aliphatic carbocycles. The van der Waals surface area contributed by atoms with E-state index in [2.05, 4.69) is 28.9 Å². The van der Waals surface area contributed by atoms with Gasteiger partial charge in [0, 0.05) is 0 Å². The van der Waals surface area contributed by atoms with E-state index in [4.69, 9.17) is 10.5 Å². The minimum absolute atomic E-state index is 0.651. The molecule has 0 aromatic heterocycles. The molecule has 0 saturated heterocycles. The molecular formula is C13H20BrNOS. The number of benzene rings is 1. The van der Waals surface area contributed by atoms with Crippen molar-refractivity contribution < 1.29 is 4.74 Å². The first-order valence-electron chi connectivity index (χ1n) is 5.97. The maximum Gasteiger partial charge on any atom is 0.136 e. The highest BCUT2D eigenvalue weighted by Gasteiger charge is 2.07. The van der Waals surface area contributed by atoms with Crippen LogP contribution in [0.4, 0.5) is 0 Å². The predicted octanol–water partition coefficient (Wildman–Crippen LogP) is 3.47. The second-order valence-corrected chi connectivity index (χ2v) is 5.91. The highest BCUT2D eigenvalue weighted by molar-refractivity contribution is 9.10. The van der Waals surface area contributed by atoms with E-state index in [9.17, 15) is 0 Å². The third-order valence-electron chi connectivity index (χ3n) is 2.35. The zero-order valence-corrected chi connectivity index (χ0v) is 12.6. The van der Waals surface area contributed by atoms with Gasteiger partial charge in [-0.25, -0.2) is 0 Å². The van der Waals surface area contributed by atoms with Crippen molar-refractivity contribution in [2.24, 2.45) is 5.73 Å². The SMILES string of the molecule is CCSCCCOc1c(Br)cccc1CCN. The van der Waals surface area contributed by atoms with Crippen LogP contribution < -0.4 is 10.5 Å². The van der Waals surface area contributed by atoms with Crippen molar-refractivity contribution in [3.8, 4) is 5.75 Å². The molecule has 0 aliphatic heterocycles. The summed E-state index contributed by atoms with van der Waals surface area (Å²) < 4.78 is 6.87. The molecule has 2 N–H and O–H groups in total. The lowest BCUT2D eigenvalue weighted by atomic mass is 10.1. The van der Waals surface area contributed by atoms with Gasteiger partial charge >= 0.3 is 0 Å². The molecule has 2 nitrogen and oxygen atoms in total. The van der Waals surface area contributed by atoms with E-state index in [1.54, 1.807) is 0 Å². The summed E-state index contributed by atoms with van der Waals surface area (Å²) in [6, 6.07) is 6.11. The van der Waals surface area contributed by atoms with Gasteiger partial charge in [-0.3, -0.25) is 0 Å². The van der Waals surface area contributed by atoms with E-state index >= 15 is 0 Å². The highest BCUT2D eigenvalue weighted by atomic mass is 79.9. The molecule has 96 valence electrons. The average Bonchev–Trinajstić information content (AvgIpc) is 2.32. The molecule has 0 aliphatic rings. The molecule has 1 aromatic rings. The fourth-order valence-corrected chi connectivity index (χ4v) is 2.68. The Bertz CT molecular complexity index is 333. The van der Waals surface area contributed by atoms with E-state index in [1.807, 2.05) is 23.9 Å². The van der Waals surface area contributed by atoms with E-state index in [0.29, 0.717) is 6.54 Å². The van der Waals surface area contributed by atoms with Crippen molar-refractivity contribution in [2.75, 3.05) is 24.7 Å². The van der Waals surface area contributed by atoms with Gasteiger partial charge in [-0.2, -0.15) is 11.8 Å². The molecule has 17 heavy (non-hydrogen) atoms. The summed E-state index contributed by atoms with van der Waals surface area (Å²) in [6.45, 7) is 3.60. The van der Waals surface area contributed by atoms with Gasteiger partial charge in [-0.05, 0) is 58.5 Å². The third kappa shape index (κ3) is 5.32. The van der Waals surface area contributed by atoms with Gasteiger partial charge in [0.05, 0.1) is 11.1 Å². The normalized spacial score (nSPS) is 10.5. The Morgan fingerprint density at radius 1 is 1.41 bits per heavy atom. The molecule has 0 spiro atoms. The third-order valence-corrected chi connectivity index (χ3v) is 3.96. The van der Waals surface area contributed by atoms with Crippen LogP contribution in [0, 0.1) is 0 Å². The van der Waals surface area contributed by atoms with Gasteiger partial charge in [-0.1, -0.05) is 19.1 Å². The van der Waals surface area contributed by atoms with Gasteiger partial charge in [0.25, 0.3) is 0 Å². The van der Waals surface area contributed by atoms with Crippen molar-refractivity contribution >= 4 is 27.7 Å². The quantitative estimate of drug-likeness (QED) is 0.746. The summed E-state index contributed by atoms with van der Waals surface area (Å²) in [6.07, 6.45) is 1.94. The number of halogens is 1. The standard InChI is InChI=1S/C13H20BrNOS/c1-2-17-10-4-9-16-13-11(7-8-15)5-3-6-12(13)14/h3,5-6H,2,4,7-10,15H2,1H3. The molecule has 0 atom stereocenters. The van der Waals surface area contributed by atoms with Crippen LogP contribution >= 0.6 is 27.7 Å². The van der Waals surface area contributed by atoms with Crippen LogP contribution in [-0.4, -0.2) is 24.7 Å². The van der Waals surface area contributed by atoms with Crippen LogP contribution in [-0.2, 0) is 6.42 Å². The minimum Gasteiger partial charge on any atom is -0.492 e. The number of hydrogen-bond donors (Lipinski definition) is 1. The molecule has 0 fully saturated rings. The lowest BCUT2D eigenvalue weighted by molar-refractivity contribution is 0.313. The number of ether oxygens (including phenoxy) is 1. The van der Waals surface area contributed by atoms with E-state index in [-0.39, 0.29) is 0 Å². The molecule has 0 heterocycles. The van der Waals surface area contributed by atoms with E-state index < -0.39 is 0 Å². The van der Waals surface area contributed by atoms with Crippen LogP contribution in [0.3, 0.4) is 0 Å². The average molecular weight is 318 g/mol. The van der Waals surface area contributed by atoms with Gasteiger partial charge in [0.2, 0.25) is 0 Å². The molecule has 0 unspecified atom stereocenters. The number of thioether (sulfide) groups is 1. The maximum absolute atomic E-state index is 5.85. The van der Waals surface area contributed by atoms with Gasteiger partial charge < -0.3 is 10.5 Å². The second kappa shape index (κ2) is 8.84. The number of hydrogen-bond acceptors (Lipinski definition) is 3. The Morgan fingerprint density at radius 2 is 2.24 bits per heavy atom. The maximum atomic E-state index is 5.85. The second-order valence-electron chi connectivity index (χ2n) is 3.67. The first-order valence-corrected chi connectivity index (χ1v) is 7.92. The van der Waals surface area contributed by atoms with Crippen molar-refractivity contribution in [1.29, 1.82) is 0 Å². The van der Waals surface area contributed by atoms with Crippen LogP contribution in [0.15, 0.2) is 22.7 Å². The highest BCUT2D eigenvalue weighted by Crippen LogP contribution is 2.29. The lowest BCUT2D eigenvalue weighted by Gasteiger charge is -2.12. The lowest BCUT2D eigenvalue weighted by Crippen LogP contribution is -2.07. The van der Waals surface area contributed by atoms with Crippen molar-refractivity contribution in [3.63, 3.8) is 0 Å². The van der Waals surface area contributed by atoms with Crippen molar-refractivity contribution in [2.45, 2.75) is 19.8 Å². The molecule has 0 amide bonds. The molecule has 4 heteroatoms. The smallest absolute Gasteiger partial charge is 0.136 e. The van der Waals surface area contributed by atoms with Crippen LogP contribution in [0.2, 0.25) is 0 Å². The van der Waals surface area contributed by atoms with Crippen molar-refractivity contribution in [3.05, 3.63) is 28.2 Å². The van der Waals surface area contributed by atoms with Crippen LogP contribution in [0.25, 0.3) is 0 Å². The fraction of sp³-hybridized carbons (Fsp3) is 0.538. The molecule has 1 rings (SSSR count). The van der Waals surface area contributed by atoms with Gasteiger partial charge in [0.1, 0.15) is 5.75 Å². The fourth-order valence-electron chi connectivity index (χ4n) is 1.55. The molecule has 0 radical (unpaired) electrons. The Kier molecular flexibility index (Phi) is 7.73. The van der Waals surface area contributed by atoms with Gasteiger partial charge in [0.15, 0.2) is 0 Å². The van der Waals surface area contributed by atoms with Crippen LogP contribution in [0.1, 0.15) is 18.9 Å². The largest absolute Gasteiger partial charge is 0.492 e. The monoisotopic (exact) mass is 317 g/mol. The molecule has 0 bridgehead atoms.